The monoisotopic (exact) mass is 338 g/mol. The van der Waals surface area contributed by atoms with Crippen molar-refractivity contribution in [1.29, 1.82) is 0 Å². The Kier molecular flexibility index (Phi) is 7.57. The number of aromatic nitrogens is 2. The summed E-state index contributed by atoms with van der Waals surface area (Å²) in [5.74, 6) is 0.726. The van der Waals surface area contributed by atoms with Crippen molar-refractivity contribution in [3.63, 3.8) is 0 Å². The molecule has 1 atom stereocenters. The zero-order valence-electron chi connectivity index (χ0n) is 13.6. The zero-order chi connectivity index (χ0) is 15.9. The van der Waals surface area contributed by atoms with E-state index in [-0.39, 0.29) is 18.3 Å². The molecule has 0 bridgehead atoms. The zero-order valence-corrected chi connectivity index (χ0v) is 14.4. The van der Waals surface area contributed by atoms with Gasteiger partial charge in [0.15, 0.2) is 0 Å². The van der Waals surface area contributed by atoms with Crippen molar-refractivity contribution in [3.8, 4) is 5.75 Å². The molecule has 2 N–H and O–H groups in total. The lowest BCUT2D eigenvalue weighted by Gasteiger charge is -2.15. The van der Waals surface area contributed by atoms with Gasteiger partial charge in [0.1, 0.15) is 11.8 Å². The summed E-state index contributed by atoms with van der Waals surface area (Å²) in [5.41, 5.74) is 1.84. The predicted octanol–water partition coefficient (Wildman–Crippen LogP) is 1.82. The summed E-state index contributed by atoms with van der Waals surface area (Å²) in [4.78, 5) is 12.3. The smallest absolute Gasteiger partial charge is 0.242 e. The minimum Gasteiger partial charge on any atom is -0.494 e. The molecule has 2 aromatic rings. The van der Waals surface area contributed by atoms with Gasteiger partial charge in [0.25, 0.3) is 0 Å². The van der Waals surface area contributed by atoms with Crippen LogP contribution >= 0.6 is 12.4 Å². The molecule has 0 aliphatic heterocycles. The number of benzene rings is 1. The summed E-state index contributed by atoms with van der Waals surface area (Å²) < 4.78 is 7.14. The second-order valence-electron chi connectivity index (χ2n) is 4.97. The van der Waals surface area contributed by atoms with E-state index in [1.807, 2.05) is 44.4 Å². The molecule has 0 fully saturated rings. The third-order valence-corrected chi connectivity index (χ3v) is 3.29. The first-order valence-electron chi connectivity index (χ1n) is 7.29. The van der Waals surface area contributed by atoms with E-state index in [2.05, 4.69) is 15.7 Å². The van der Waals surface area contributed by atoms with Crippen LogP contribution in [0.1, 0.15) is 24.1 Å². The average Bonchev–Trinajstić information content (AvgIpc) is 2.93. The van der Waals surface area contributed by atoms with E-state index in [1.165, 1.54) is 0 Å². The number of hydrogen-bond acceptors (Lipinski definition) is 4. The first kappa shape index (κ1) is 19.0. The van der Waals surface area contributed by atoms with E-state index >= 15 is 0 Å². The van der Waals surface area contributed by atoms with Crippen LogP contribution in [0.2, 0.25) is 0 Å². The number of carbonyl (C=O) groups is 1. The van der Waals surface area contributed by atoms with Gasteiger partial charge in [-0.15, -0.1) is 12.4 Å². The van der Waals surface area contributed by atoms with Crippen LogP contribution in [-0.2, 0) is 18.4 Å². The number of rotatable bonds is 7. The van der Waals surface area contributed by atoms with E-state index in [0.29, 0.717) is 13.2 Å². The van der Waals surface area contributed by atoms with Crippen molar-refractivity contribution in [2.24, 2.45) is 7.05 Å². The number of likely N-dealkylation sites (N-methyl/N-ethyl adjacent to an activating group) is 1. The fourth-order valence-electron chi connectivity index (χ4n) is 2.24. The Morgan fingerprint density at radius 3 is 2.83 bits per heavy atom. The van der Waals surface area contributed by atoms with Crippen LogP contribution in [0.25, 0.3) is 0 Å². The molecule has 1 unspecified atom stereocenters. The van der Waals surface area contributed by atoms with Crippen LogP contribution in [0.4, 0.5) is 0 Å². The Balaban J connectivity index is 0.00000264. The summed E-state index contributed by atoms with van der Waals surface area (Å²) >= 11 is 0. The SMILES string of the molecule is CCOc1cccc(CNC(=O)C(NC)c2cnn(C)c2)c1.Cl. The van der Waals surface area contributed by atoms with Crippen molar-refractivity contribution in [2.75, 3.05) is 13.7 Å². The quantitative estimate of drug-likeness (QED) is 0.808. The van der Waals surface area contributed by atoms with Gasteiger partial charge in [-0.05, 0) is 31.7 Å². The minimum atomic E-state index is -0.413. The second-order valence-corrected chi connectivity index (χ2v) is 4.97. The Hall–Kier alpha value is -2.05. The van der Waals surface area contributed by atoms with E-state index in [4.69, 9.17) is 4.74 Å². The number of aryl methyl sites for hydroxylation is 1. The summed E-state index contributed by atoms with van der Waals surface area (Å²) in [7, 11) is 3.58. The minimum absolute atomic E-state index is 0. The molecule has 0 aliphatic rings. The van der Waals surface area contributed by atoms with Crippen LogP contribution in [-0.4, -0.2) is 29.3 Å². The van der Waals surface area contributed by atoms with Gasteiger partial charge in [-0.3, -0.25) is 9.48 Å². The van der Waals surface area contributed by atoms with Gasteiger partial charge in [-0.25, -0.2) is 0 Å². The van der Waals surface area contributed by atoms with Gasteiger partial charge in [0.05, 0.1) is 12.8 Å². The van der Waals surface area contributed by atoms with Gasteiger partial charge in [-0.2, -0.15) is 5.10 Å². The average molecular weight is 339 g/mol. The third kappa shape index (κ3) is 5.26. The molecule has 1 aromatic heterocycles. The molecule has 0 radical (unpaired) electrons. The topological polar surface area (TPSA) is 68.2 Å². The first-order valence-corrected chi connectivity index (χ1v) is 7.29. The molecule has 6 nitrogen and oxygen atoms in total. The lowest BCUT2D eigenvalue weighted by Crippen LogP contribution is -2.35. The molecule has 126 valence electrons. The van der Waals surface area contributed by atoms with Gasteiger partial charge < -0.3 is 15.4 Å². The number of carbonyl (C=O) groups excluding carboxylic acids is 1. The van der Waals surface area contributed by atoms with Crippen LogP contribution in [0.3, 0.4) is 0 Å². The lowest BCUT2D eigenvalue weighted by atomic mass is 10.1. The Morgan fingerprint density at radius 1 is 1.43 bits per heavy atom. The van der Waals surface area contributed by atoms with Crippen LogP contribution in [0.5, 0.6) is 5.75 Å². The number of nitrogens with one attached hydrogen (secondary N) is 2. The fourth-order valence-corrected chi connectivity index (χ4v) is 2.24. The lowest BCUT2D eigenvalue weighted by molar-refractivity contribution is -0.123. The maximum atomic E-state index is 12.3. The number of amides is 1. The number of halogens is 1. The van der Waals surface area contributed by atoms with Gasteiger partial charge in [-0.1, -0.05) is 12.1 Å². The van der Waals surface area contributed by atoms with Crippen molar-refractivity contribution in [3.05, 3.63) is 47.8 Å². The highest BCUT2D eigenvalue weighted by Crippen LogP contribution is 2.14. The number of hydrogen-bond donors (Lipinski definition) is 2. The standard InChI is InChI=1S/C16H22N4O2.ClH/c1-4-22-14-7-5-6-12(8-14)9-18-16(21)15(17-2)13-10-19-20(3)11-13;/h5-8,10-11,15,17H,4,9H2,1-3H3,(H,18,21);1H. The molecule has 0 aliphatic carbocycles. The third-order valence-electron chi connectivity index (χ3n) is 3.29. The highest BCUT2D eigenvalue weighted by Gasteiger charge is 2.19. The van der Waals surface area contributed by atoms with E-state index in [0.717, 1.165) is 16.9 Å². The van der Waals surface area contributed by atoms with Gasteiger partial charge in [0.2, 0.25) is 5.91 Å². The van der Waals surface area contributed by atoms with Crippen LogP contribution in [0, 0.1) is 0 Å². The Bertz CT molecular complexity index is 630. The number of nitrogens with zero attached hydrogens (tertiary/aromatic N) is 2. The highest BCUT2D eigenvalue weighted by atomic mass is 35.5. The molecule has 1 heterocycles. The molecule has 7 heteroatoms. The normalized spacial score (nSPS) is 11.4. The highest BCUT2D eigenvalue weighted by molar-refractivity contribution is 5.85. The fraction of sp³-hybridized carbons (Fsp3) is 0.375. The van der Waals surface area contributed by atoms with Crippen molar-refractivity contribution in [1.82, 2.24) is 20.4 Å². The van der Waals surface area contributed by atoms with E-state index in [1.54, 1.807) is 17.9 Å². The summed E-state index contributed by atoms with van der Waals surface area (Å²) in [6, 6.07) is 7.30. The van der Waals surface area contributed by atoms with Gasteiger partial charge >= 0.3 is 0 Å². The second kappa shape index (κ2) is 9.17. The first-order chi connectivity index (χ1) is 10.6. The maximum absolute atomic E-state index is 12.3. The van der Waals surface area contributed by atoms with Crippen LogP contribution in [0.15, 0.2) is 36.7 Å². The largest absolute Gasteiger partial charge is 0.494 e. The van der Waals surface area contributed by atoms with E-state index < -0.39 is 6.04 Å². The van der Waals surface area contributed by atoms with Crippen molar-refractivity contribution in [2.45, 2.75) is 19.5 Å². The summed E-state index contributed by atoms with van der Waals surface area (Å²) in [6.07, 6.45) is 3.52. The molecule has 1 aromatic carbocycles. The van der Waals surface area contributed by atoms with Crippen LogP contribution < -0.4 is 15.4 Å². The molecular formula is C16H23ClN4O2. The Morgan fingerprint density at radius 2 is 2.22 bits per heavy atom. The number of ether oxygens (including phenoxy) is 1. The molecule has 0 saturated carbocycles. The molecular weight excluding hydrogens is 316 g/mol. The van der Waals surface area contributed by atoms with Gasteiger partial charge in [0, 0.05) is 25.4 Å². The molecule has 1 amide bonds. The van der Waals surface area contributed by atoms with Crippen molar-refractivity contribution < 1.29 is 9.53 Å². The summed E-state index contributed by atoms with van der Waals surface area (Å²) in [5, 5.41) is 10.0. The molecule has 0 spiro atoms. The predicted molar refractivity (Wildman–Crippen MR) is 91.7 cm³/mol. The molecule has 23 heavy (non-hydrogen) atoms. The molecule has 2 rings (SSSR count). The van der Waals surface area contributed by atoms with Crippen molar-refractivity contribution >= 4 is 18.3 Å². The van der Waals surface area contributed by atoms with E-state index in [9.17, 15) is 4.79 Å². The summed E-state index contributed by atoms with van der Waals surface area (Å²) in [6.45, 7) is 3.02. The molecule has 0 saturated heterocycles. The Labute approximate surface area is 142 Å². The maximum Gasteiger partial charge on any atom is 0.242 e.